The summed E-state index contributed by atoms with van der Waals surface area (Å²) in [6, 6.07) is 0. The van der Waals surface area contributed by atoms with Crippen molar-refractivity contribution < 1.29 is 4.79 Å². The number of carbonyl (C=O) groups is 1. The van der Waals surface area contributed by atoms with E-state index in [1.165, 1.54) is 0 Å². The molecular weight excluding hydrogens is 112 g/mol. The fourth-order valence-corrected chi connectivity index (χ4v) is 1.96. The van der Waals surface area contributed by atoms with Gasteiger partial charge in [-0.05, 0) is 17.8 Å². The molecule has 0 amide bonds. The number of hydrogen-bond donors (Lipinski definition) is 0. The van der Waals surface area contributed by atoms with E-state index >= 15 is 0 Å². The van der Waals surface area contributed by atoms with Crippen molar-refractivity contribution in [2.75, 3.05) is 0 Å². The van der Waals surface area contributed by atoms with E-state index in [-0.39, 0.29) is 0 Å². The first-order chi connectivity index (χ1) is 4.34. The molecule has 0 aromatic carbocycles. The topological polar surface area (TPSA) is 17.1 Å². The number of aldehydes is 1. The lowest BCUT2D eigenvalue weighted by atomic mass is 10.1. The van der Waals surface area contributed by atoms with Gasteiger partial charge in [0.2, 0.25) is 0 Å². The summed E-state index contributed by atoms with van der Waals surface area (Å²) in [7, 11) is 0. The third-order valence-electron chi connectivity index (χ3n) is 2.59. The minimum Gasteiger partial charge on any atom is -0.303 e. The predicted octanol–water partition coefficient (Wildman–Crippen LogP) is 1.25. The molecule has 2 aliphatic carbocycles. The summed E-state index contributed by atoms with van der Waals surface area (Å²) in [6.07, 6.45) is 5.51. The monoisotopic (exact) mass is 122 g/mol. The SMILES string of the molecule is CC1C=CC2C(C=O)C12. The van der Waals surface area contributed by atoms with Crippen LogP contribution in [0.1, 0.15) is 6.92 Å². The van der Waals surface area contributed by atoms with Gasteiger partial charge in [-0.2, -0.15) is 0 Å². The van der Waals surface area contributed by atoms with E-state index in [1.807, 2.05) is 0 Å². The highest BCUT2D eigenvalue weighted by Crippen LogP contribution is 2.55. The van der Waals surface area contributed by atoms with Crippen molar-refractivity contribution >= 4 is 6.29 Å². The molecule has 0 bridgehead atoms. The second-order valence-corrected chi connectivity index (χ2v) is 3.11. The Morgan fingerprint density at radius 3 is 2.56 bits per heavy atom. The molecule has 0 aromatic rings. The smallest absolute Gasteiger partial charge is 0.123 e. The Balaban J connectivity index is 2.14. The van der Waals surface area contributed by atoms with E-state index in [4.69, 9.17) is 0 Å². The Morgan fingerprint density at radius 1 is 1.44 bits per heavy atom. The molecule has 1 nitrogen and oxygen atoms in total. The van der Waals surface area contributed by atoms with Crippen molar-refractivity contribution in [3.05, 3.63) is 12.2 Å². The highest BCUT2D eigenvalue weighted by atomic mass is 16.1. The van der Waals surface area contributed by atoms with Gasteiger partial charge >= 0.3 is 0 Å². The van der Waals surface area contributed by atoms with E-state index in [9.17, 15) is 4.79 Å². The second kappa shape index (κ2) is 1.47. The van der Waals surface area contributed by atoms with Crippen molar-refractivity contribution in [3.63, 3.8) is 0 Å². The quantitative estimate of drug-likeness (QED) is 0.378. The van der Waals surface area contributed by atoms with E-state index in [0.717, 1.165) is 6.29 Å². The molecule has 0 aromatic heterocycles. The van der Waals surface area contributed by atoms with Crippen LogP contribution in [0.25, 0.3) is 0 Å². The van der Waals surface area contributed by atoms with Gasteiger partial charge in [0.05, 0.1) is 0 Å². The van der Waals surface area contributed by atoms with Crippen LogP contribution in [-0.4, -0.2) is 6.29 Å². The summed E-state index contributed by atoms with van der Waals surface area (Å²) in [5, 5.41) is 0. The maximum absolute atomic E-state index is 10.3. The van der Waals surface area contributed by atoms with Crippen LogP contribution in [-0.2, 0) is 4.79 Å². The lowest BCUT2D eigenvalue weighted by Crippen LogP contribution is -1.93. The first kappa shape index (κ1) is 5.21. The number of allylic oxidation sites excluding steroid dienone is 2. The normalized spacial score (nSPS) is 53.0. The summed E-state index contributed by atoms with van der Waals surface area (Å²) >= 11 is 0. The van der Waals surface area contributed by atoms with Crippen LogP contribution < -0.4 is 0 Å². The summed E-state index contributed by atoms with van der Waals surface area (Å²) < 4.78 is 0. The van der Waals surface area contributed by atoms with Crippen LogP contribution in [0, 0.1) is 23.7 Å². The van der Waals surface area contributed by atoms with E-state index < -0.39 is 0 Å². The molecule has 48 valence electrons. The molecule has 4 atom stereocenters. The minimum atomic E-state index is 0.380. The van der Waals surface area contributed by atoms with E-state index in [2.05, 4.69) is 19.1 Å². The minimum absolute atomic E-state index is 0.380. The van der Waals surface area contributed by atoms with Gasteiger partial charge in [0.15, 0.2) is 0 Å². The van der Waals surface area contributed by atoms with Crippen LogP contribution in [0.15, 0.2) is 12.2 Å². The zero-order chi connectivity index (χ0) is 6.43. The highest BCUT2D eigenvalue weighted by Gasteiger charge is 2.53. The maximum Gasteiger partial charge on any atom is 0.123 e. The lowest BCUT2D eigenvalue weighted by molar-refractivity contribution is -0.109. The maximum atomic E-state index is 10.3. The summed E-state index contributed by atoms with van der Waals surface area (Å²) in [5.74, 6) is 2.34. The molecule has 0 heterocycles. The fraction of sp³-hybridized carbons (Fsp3) is 0.625. The zero-order valence-electron chi connectivity index (χ0n) is 5.45. The Bertz CT molecular complexity index is 167. The second-order valence-electron chi connectivity index (χ2n) is 3.11. The number of carbonyl (C=O) groups excluding carboxylic acids is 1. The van der Waals surface area contributed by atoms with Gasteiger partial charge in [0, 0.05) is 5.92 Å². The number of rotatable bonds is 1. The van der Waals surface area contributed by atoms with E-state index in [1.54, 1.807) is 0 Å². The average Bonchev–Trinajstić information content (AvgIpc) is 2.46. The molecule has 1 heteroatoms. The predicted molar refractivity (Wildman–Crippen MR) is 34.8 cm³/mol. The van der Waals surface area contributed by atoms with E-state index in [0.29, 0.717) is 23.7 Å². The Kier molecular flexibility index (Phi) is 0.850. The standard InChI is InChI=1S/C8H10O/c1-5-2-3-6-7(4-9)8(5)6/h2-8H,1H3. The molecule has 4 unspecified atom stereocenters. The fourth-order valence-electron chi connectivity index (χ4n) is 1.96. The molecule has 1 fully saturated rings. The van der Waals surface area contributed by atoms with Crippen LogP contribution in [0.4, 0.5) is 0 Å². The van der Waals surface area contributed by atoms with Gasteiger partial charge < -0.3 is 4.79 Å². The molecule has 0 N–H and O–H groups in total. The van der Waals surface area contributed by atoms with Crippen molar-refractivity contribution in [2.45, 2.75) is 6.92 Å². The van der Waals surface area contributed by atoms with Gasteiger partial charge in [-0.3, -0.25) is 0 Å². The molecular formula is C8H10O. The summed E-state index contributed by atoms with van der Waals surface area (Å²) in [6.45, 7) is 2.19. The van der Waals surface area contributed by atoms with Crippen molar-refractivity contribution in [1.29, 1.82) is 0 Å². The average molecular weight is 122 g/mol. The third kappa shape index (κ3) is 0.521. The largest absolute Gasteiger partial charge is 0.303 e. The van der Waals surface area contributed by atoms with Gasteiger partial charge in [-0.1, -0.05) is 19.1 Å². The van der Waals surface area contributed by atoms with Crippen molar-refractivity contribution in [1.82, 2.24) is 0 Å². The summed E-state index contributed by atoms with van der Waals surface area (Å²) in [4.78, 5) is 10.3. The van der Waals surface area contributed by atoms with Crippen LogP contribution in [0.2, 0.25) is 0 Å². The number of hydrogen-bond acceptors (Lipinski definition) is 1. The van der Waals surface area contributed by atoms with Gasteiger partial charge in [0.1, 0.15) is 6.29 Å². The number of fused-ring (bicyclic) bond motifs is 1. The molecule has 0 aliphatic heterocycles. The Hall–Kier alpha value is -0.590. The van der Waals surface area contributed by atoms with Crippen LogP contribution >= 0.6 is 0 Å². The Labute approximate surface area is 54.8 Å². The zero-order valence-corrected chi connectivity index (χ0v) is 5.45. The molecule has 1 saturated carbocycles. The van der Waals surface area contributed by atoms with Gasteiger partial charge in [-0.25, -0.2) is 0 Å². The van der Waals surface area contributed by atoms with Gasteiger partial charge in [0.25, 0.3) is 0 Å². The molecule has 9 heavy (non-hydrogen) atoms. The molecule has 0 saturated heterocycles. The molecule has 2 aliphatic rings. The molecule has 2 rings (SSSR count). The van der Waals surface area contributed by atoms with Crippen molar-refractivity contribution in [3.8, 4) is 0 Å². The molecule has 0 radical (unpaired) electrons. The highest BCUT2D eigenvalue weighted by molar-refractivity contribution is 5.61. The van der Waals surface area contributed by atoms with Crippen LogP contribution in [0.5, 0.6) is 0 Å². The van der Waals surface area contributed by atoms with Crippen molar-refractivity contribution in [2.24, 2.45) is 23.7 Å². The molecule has 0 spiro atoms. The lowest BCUT2D eigenvalue weighted by Gasteiger charge is -1.96. The summed E-state index contributed by atoms with van der Waals surface area (Å²) in [5.41, 5.74) is 0. The Morgan fingerprint density at radius 2 is 2.22 bits per heavy atom. The first-order valence-electron chi connectivity index (χ1n) is 3.48. The van der Waals surface area contributed by atoms with Crippen LogP contribution in [0.3, 0.4) is 0 Å². The van der Waals surface area contributed by atoms with Gasteiger partial charge in [-0.15, -0.1) is 0 Å². The first-order valence-corrected chi connectivity index (χ1v) is 3.48. The third-order valence-corrected chi connectivity index (χ3v) is 2.59.